The molecule has 176 valence electrons. The molecule has 0 aliphatic heterocycles. The normalized spacial score (nSPS) is 13.5. The molecule has 2 aromatic carbocycles. The smallest absolute Gasteiger partial charge is 0.407 e. The Hall–Kier alpha value is -3.35. The first kappa shape index (κ1) is 24.3. The number of rotatable bonds is 10. The number of ether oxygens (including phenoxy) is 1. The molecule has 0 heterocycles. The van der Waals surface area contributed by atoms with Gasteiger partial charge in [0.1, 0.15) is 6.61 Å². The van der Waals surface area contributed by atoms with Gasteiger partial charge in [0.25, 0.3) is 0 Å². The summed E-state index contributed by atoms with van der Waals surface area (Å²) in [5.74, 6) is -1.78. The zero-order valence-electron chi connectivity index (χ0n) is 19.4. The quantitative estimate of drug-likeness (QED) is 0.502. The van der Waals surface area contributed by atoms with Gasteiger partial charge in [0.05, 0.1) is 5.92 Å². The fourth-order valence-electron chi connectivity index (χ4n) is 4.16. The van der Waals surface area contributed by atoms with Crippen molar-refractivity contribution < 1.29 is 24.2 Å². The highest BCUT2D eigenvalue weighted by atomic mass is 16.5. The van der Waals surface area contributed by atoms with Gasteiger partial charge in [0.2, 0.25) is 5.91 Å². The van der Waals surface area contributed by atoms with E-state index >= 15 is 0 Å². The third-order valence-electron chi connectivity index (χ3n) is 6.08. The molecule has 1 atom stereocenters. The number of amides is 2. The first-order chi connectivity index (χ1) is 15.7. The van der Waals surface area contributed by atoms with E-state index < -0.39 is 23.4 Å². The van der Waals surface area contributed by atoms with Gasteiger partial charge in [-0.25, -0.2) is 4.79 Å². The Balaban J connectivity index is 1.48. The van der Waals surface area contributed by atoms with E-state index in [1.165, 1.54) is 11.1 Å². The number of hydrogen-bond acceptors (Lipinski definition) is 4. The van der Waals surface area contributed by atoms with Crippen LogP contribution in [0.5, 0.6) is 0 Å². The lowest BCUT2D eigenvalue weighted by atomic mass is 9.89. The molecule has 1 aliphatic carbocycles. The first-order valence-electron chi connectivity index (χ1n) is 11.3. The molecule has 0 spiro atoms. The number of carboxylic acid groups (broad SMARTS) is 1. The van der Waals surface area contributed by atoms with Gasteiger partial charge in [-0.05, 0) is 34.1 Å². The summed E-state index contributed by atoms with van der Waals surface area (Å²) in [6, 6.07) is 16.3. The van der Waals surface area contributed by atoms with Crippen LogP contribution in [-0.2, 0) is 14.3 Å². The topological polar surface area (TPSA) is 105 Å². The number of aliphatic carboxylic acids is 1. The van der Waals surface area contributed by atoms with Crippen LogP contribution in [0.4, 0.5) is 4.79 Å². The second-order valence-electron chi connectivity index (χ2n) is 9.27. The second-order valence-corrected chi connectivity index (χ2v) is 9.27. The van der Waals surface area contributed by atoms with Crippen molar-refractivity contribution >= 4 is 18.0 Å². The maximum atomic E-state index is 12.4. The molecule has 2 amide bonds. The Morgan fingerprint density at radius 2 is 1.58 bits per heavy atom. The Labute approximate surface area is 194 Å². The zero-order valence-corrected chi connectivity index (χ0v) is 19.4. The fourth-order valence-corrected chi connectivity index (χ4v) is 4.16. The minimum absolute atomic E-state index is 0.0114. The molecular weight excluding hydrogens is 420 g/mol. The number of fused-ring (bicyclic) bond motifs is 3. The second kappa shape index (κ2) is 10.5. The van der Waals surface area contributed by atoms with Crippen molar-refractivity contribution in [3.05, 3.63) is 59.7 Å². The van der Waals surface area contributed by atoms with Crippen LogP contribution in [0, 0.1) is 11.3 Å². The molecule has 1 unspecified atom stereocenters. The molecule has 1 aliphatic rings. The zero-order chi connectivity index (χ0) is 24.0. The number of carbonyl (C=O) groups is 3. The Morgan fingerprint density at radius 3 is 2.12 bits per heavy atom. The highest BCUT2D eigenvalue weighted by molar-refractivity contribution is 5.79. The average molecular weight is 453 g/mol. The molecule has 7 nitrogen and oxygen atoms in total. The summed E-state index contributed by atoms with van der Waals surface area (Å²) in [7, 11) is 0. The number of carboxylic acids is 1. The molecule has 0 bridgehead atoms. The summed E-state index contributed by atoms with van der Waals surface area (Å²) < 4.78 is 5.54. The molecule has 0 saturated heterocycles. The average Bonchev–Trinajstić information content (AvgIpc) is 3.10. The monoisotopic (exact) mass is 452 g/mol. The molecular formula is C26H32N2O5. The number of benzene rings is 2. The van der Waals surface area contributed by atoms with E-state index in [1.54, 1.807) is 6.92 Å². The molecule has 0 radical (unpaired) electrons. The van der Waals surface area contributed by atoms with Crippen LogP contribution >= 0.6 is 0 Å². The standard InChI is InChI=1S/C26H32N2O5/c1-4-17(24(30)31)14-27-23(29)13-26(2,3)16-28-25(32)33-15-22-20-11-7-5-9-18(20)19-10-6-8-12-21(19)22/h5-12,17,22H,4,13-16H2,1-3H3,(H,27,29)(H,28,32)(H,30,31). The molecule has 7 heteroatoms. The van der Waals surface area contributed by atoms with Crippen molar-refractivity contribution in [1.82, 2.24) is 10.6 Å². The third kappa shape index (κ3) is 6.12. The first-order valence-corrected chi connectivity index (χ1v) is 11.3. The van der Waals surface area contributed by atoms with Crippen LogP contribution in [0.15, 0.2) is 48.5 Å². The van der Waals surface area contributed by atoms with Crippen LogP contribution in [-0.4, -0.2) is 42.8 Å². The van der Waals surface area contributed by atoms with Gasteiger partial charge in [-0.15, -0.1) is 0 Å². The highest BCUT2D eigenvalue weighted by Gasteiger charge is 2.29. The number of nitrogens with one attached hydrogen (secondary N) is 2. The van der Waals surface area contributed by atoms with E-state index in [4.69, 9.17) is 9.84 Å². The van der Waals surface area contributed by atoms with Crippen LogP contribution in [0.1, 0.15) is 50.7 Å². The maximum Gasteiger partial charge on any atom is 0.407 e. The van der Waals surface area contributed by atoms with Crippen molar-refractivity contribution in [3.8, 4) is 11.1 Å². The molecule has 2 aromatic rings. The van der Waals surface area contributed by atoms with E-state index in [0.717, 1.165) is 11.1 Å². The molecule has 33 heavy (non-hydrogen) atoms. The van der Waals surface area contributed by atoms with Gasteiger partial charge in [-0.1, -0.05) is 69.3 Å². The lowest BCUT2D eigenvalue weighted by Gasteiger charge is -2.25. The highest BCUT2D eigenvalue weighted by Crippen LogP contribution is 2.44. The van der Waals surface area contributed by atoms with Crippen molar-refractivity contribution in [2.75, 3.05) is 19.7 Å². The van der Waals surface area contributed by atoms with Gasteiger partial charge in [0, 0.05) is 25.4 Å². The SMILES string of the molecule is CCC(CNC(=O)CC(C)(C)CNC(=O)OCC1c2ccccc2-c2ccccc21)C(=O)O. The summed E-state index contributed by atoms with van der Waals surface area (Å²) in [5, 5.41) is 14.5. The predicted molar refractivity (Wildman–Crippen MR) is 126 cm³/mol. The summed E-state index contributed by atoms with van der Waals surface area (Å²) in [5.41, 5.74) is 4.12. The molecule has 0 fully saturated rings. The lowest BCUT2D eigenvalue weighted by Crippen LogP contribution is -2.40. The summed E-state index contributed by atoms with van der Waals surface area (Å²) in [6.07, 6.45) is 0.0805. The molecule has 0 aromatic heterocycles. The maximum absolute atomic E-state index is 12.4. The van der Waals surface area contributed by atoms with Crippen LogP contribution < -0.4 is 10.6 Å². The van der Waals surface area contributed by atoms with Gasteiger partial charge in [-0.2, -0.15) is 0 Å². The Morgan fingerprint density at radius 1 is 1.00 bits per heavy atom. The van der Waals surface area contributed by atoms with Gasteiger partial charge in [-0.3, -0.25) is 9.59 Å². The summed E-state index contributed by atoms with van der Waals surface area (Å²) >= 11 is 0. The minimum Gasteiger partial charge on any atom is -0.481 e. The van der Waals surface area contributed by atoms with E-state index in [1.807, 2.05) is 38.1 Å². The van der Waals surface area contributed by atoms with Gasteiger partial charge < -0.3 is 20.5 Å². The minimum atomic E-state index is -0.922. The lowest BCUT2D eigenvalue weighted by molar-refractivity contribution is -0.141. The largest absolute Gasteiger partial charge is 0.481 e. The van der Waals surface area contributed by atoms with Gasteiger partial charge in [0.15, 0.2) is 0 Å². The van der Waals surface area contributed by atoms with Crippen LogP contribution in [0.25, 0.3) is 11.1 Å². The van der Waals surface area contributed by atoms with Gasteiger partial charge >= 0.3 is 12.1 Å². The predicted octanol–water partition coefficient (Wildman–Crippen LogP) is 4.17. The van der Waals surface area contributed by atoms with Crippen molar-refractivity contribution in [2.24, 2.45) is 11.3 Å². The van der Waals surface area contributed by atoms with Crippen molar-refractivity contribution in [3.63, 3.8) is 0 Å². The van der Waals surface area contributed by atoms with E-state index in [9.17, 15) is 14.4 Å². The molecule has 0 saturated carbocycles. The Kier molecular flexibility index (Phi) is 7.74. The summed E-state index contributed by atoms with van der Waals surface area (Å²) in [4.78, 5) is 35.7. The number of alkyl carbamates (subject to hydrolysis) is 1. The summed E-state index contributed by atoms with van der Waals surface area (Å²) in [6.45, 7) is 6.09. The van der Waals surface area contributed by atoms with Crippen molar-refractivity contribution in [2.45, 2.75) is 39.5 Å². The third-order valence-corrected chi connectivity index (χ3v) is 6.08. The number of carbonyl (C=O) groups excluding carboxylic acids is 2. The molecule has 3 N–H and O–H groups in total. The molecule has 3 rings (SSSR count). The van der Waals surface area contributed by atoms with E-state index in [2.05, 4.69) is 34.9 Å². The van der Waals surface area contributed by atoms with Crippen molar-refractivity contribution in [1.29, 1.82) is 0 Å². The fraction of sp³-hybridized carbons (Fsp3) is 0.423. The van der Waals surface area contributed by atoms with Crippen LogP contribution in [0.2, 0.25) is 0 Å². The number of hydrogen-bond donors (Lipinski definition) is 3. The van der Waals surface area contributed by atoms with E-state index in [-0.39, 0.29) is 37.9 Å². The van der Waals surface area contributed by atoms with Crippen LogP contribution in [0.3, 0.4) is 0 Å². The Bertz CT molecular complexity index is 972. The van der Waals surface area contributed by atoms with E-state index in [0.29, 0.717) is 6.42 Å².